The van der Waals surface area contributed by atoms with Crippen LogP contribution in [0.1, 0.15) is 36.5 Å². The van der Waals surface area contributed by atoms with Crippen molar-refractivity contribution in [1.82, 2.24) is 4.90 Å². The van der Waals surface area contributed by atoms with Crippen molar-refractivity contribution in [3.8, 4) is 0 Å². The molecule has 1 aliphatic rings. The number of hydrogen-bond donors (Lipinski definition) is 0. The summed E-state index contributed by atoms with van der Waals surface area (Å²) in [4.78, 5) is 14.3. The van der Waals surface area contributed by atoms with Crippen molar-refractivity contribution in [2.45, 2.75) is 26.7 Å². The Hall–Kier alpha value is -2.66. The van der Waals surface area contributed by atoms with Gasteiger partial charge in [-0.2, -0.15) is 0 Å². The normalized spacial score (nSPS) is 17.6. The third kappa shape index (κ3) is 5.92. The number of aryl methyl sites for hydroxylation is 1. The summed E-state index contributed by atoms with van der Waals surface area (Å²) in [6.07, 6.45) is 3.59. The molecule has 4 nitrogen and oxygen atoms in total. The van der Waals surface area contributed by atoms with Gasteiger partial charge < -0.3 is 9.47 Å². The molecule has 1 fully saturated rings. The number of hydrogen-bond acceptors (Lipinski definition) is 4. The van der Waals surface area contributed by atoms with Crippen LogP contribution in [0.5, 0.6) is 0 Å². The van der Waals surface area contributed by atoms with E-state index < -0.39 is 0 Å². The topological polar surface area (TPSA) is 38.8 Å². The zero-order chi connectivity index (χ0) is 21.3. The van der Waals surface area contributed by atoms with Crippen LogP contribution >= 0.6 is 0 Å². The van der Waals surface area contributed by atoms with Gasteiger partial charge in [-0.1, -0.05) is 36.4 Å². The molecule has 0 saturated carbocycles. The molecule has 1 saturated heterocycles. The highest BCUT2D eigenvalue weighted by Gasteiger charge is 2.26. The second-order valence-corrected chi connectivity index (χ2v) is 7.62. The molecule has 2 aromatic rings. The first kappa shape index (κ1) is 22.0. The molecule has 30 heavy (non-hydrogen) atoms. The Labute approximate surface area is 178 Å². The highest BCUT2D eigenvalue weighted by Crippen LogP contribution is 2.27. The summed E-state index contributed by atoms with van der Waals surface area (Å²) >= 11 is 0. The Morgan fingerprint density at radius 3 is 2.83 bits per heavy atom. The smallest absolute Gasteiger partial charge is 0.310 e. The first-order chi connectivity index (χ1) is 14.6. The van der Waals surface area contributed by atoms with Crippen molar-refractivity contribution in [2.75, 3.05) is 32.8 Å². The van der Waals surface area contributed by atoms with E-state index in [4.69, 9.17) is 9.47 Å². The maximum absolute atomic E-state index is 13.8. The van der Waals surface area contributed by atoms with Crippen molar-refractivity contribution in [2.24, 2.45) is 5.92 Å². The predicted octanol–water partition coefficient (Wildman–Crippen LogP) is 4.82. The van der Waals surface area contributed by atoms with E-state index in [0.717, 1.165) is 48.2 Å². The minimum Gasteiger partial charge on any atom is -0.499 e. The number of esters is 1. The quantitative estimate of drug-likeness (QED) is 0.355. The van der Waals surface area contributed by atoms with Gasteiger partial charge in [-0.3, -0.25) is 9.69 Å². The van der Waals surface area contributed by atoms with Crippen molar-refractivity contribution in [3.63, 3.8) is 0 Å². The zero-order valence-electron chi connectivity index (χ0n) is 17.8. The number of ether oxygens (including phenoxy) is 2. The van der Waals surface area contributed by atoms with Crippen LogP contribution < -0.4 is 0 Å². The van der Waals surface area contributed by atoms with Gasteiger partial charge in [-0.25, -0.2) is 4.39 Å². The molecule has 160 valence electrons. The Morgan fingerprint density at radius 2 is 2.07 bits per heavy atom. The highest BCUT2D eigenvalue weighted by molar-refractivity contribution is 5.80. The number of carbonyl (C=O) groups is 1. The Kier molecular flexibility index (Phi) is 8.03. The SMILES string of the molecule is CCOC(=O)[C@@H]1CCCN(CCOC=C(c2cccc(F)c2)c2ccccc2C)C1. The van der Waals surface area contributed by atoms with Gasteiger partial charge >= 0.3 is 5.97 Å². The van der Waals surface area contributed by atoms with Crippen LogP contribution in [-0.2, 0) is 14.3 Å². The summed E-state index contributed by atoms with van der Waals surface area (Å²) in [5, 5.41) is 0. The fraction of sp³-hybridized carbons (Fsp3) is 0.400. The number of likely N-dealkylation sites (tertiary alicyclic amines) is 1. The van der Waals surface area contributed by atoms with Crippen molar-refractivity contribution in [1.29, 1.82) is 0 Å². The van der Waals surface area contributed by atoms with Crippen LogP contribution in [0, 0.1) is 18.7 Å². The van der Waals surface area contributed by atoms with Crippen molar-refractivity contribution >= 4 is 11.5 Å². The summed E-state index contributed by atoms with van der Waals surface area (Å²) in [6, 6.07) is 14.6. The Bertz CT molecular complexity index is 880. The third-order valence-corrected chi connectivity index (χ3v) is 5.42. The molecule has 0 amide bonds. The summed E-state index contributed by atoms with van der Waals surface area (Å²) in [7, 11) is 0. The van der Waals surface area contributed by atoms with Gasteiger partial charge in [-0.15, -0.1) is 0 Å². The molecule has 0 radical (unpaired) electrons. The van der Waals surface area contributed by atoms with E-state index in [1.54, 1.807) is 12.3 Å². The van der Waals surface area contributed by atoms with Crippen molar-refractivity contribution < 1.29 is 18.7 Å². The average Bonchev–Trinajstić information content (AvgIpc) is 2.75. The lowest BCUT2D eigenvalue weighted by molar-refractivity contribution is -0.150. The molecule has 2 aromatic carbocycles. The van der Waals surface area contributed by atoms with Gasteiger partial charge in [0.05, 0.1) is 18.8 Å². The second kappa shape index (κ2) is 10.9. The second-order valence-electron chi connectivity index (χ2n) is 7.62. The number of benzene rings is 2. The largest absolute Gasteiger partial charge is 0.499 e. The molecule has 0 aliphatic carbocycles. The fourth-order valence-electron chi connectivity index (χ4n) is 3.85. The molecule has 0 spiro atoms. The van der Waals surface area contributed by atoms with E-state index in [2.05, 4.69) is 4.90 Å². The van der Waals surface area contributed by atoms with Gasteiger partial charge in [0.1, 0.15) is 12.4 Å². The molecule has 0 bridgehead atoms. The van der Waals surface area contributed by atoms with Crippen LogP contribution in [-0.4, -0.2) is 43.7 Å². The number of nitrogens with zero attached hydrogens (tertiary/aromatic N) is 1. The van der Waals surface area contributed by atoms with Gasteiger partial charge in [0, 0.05) is 18.7 Å². The van der Waals surface area contributed by atoms with E-state index in [-0.39, 0.29) is 17.7 Å². The number of piperidine rings is 1. The lowest BCUT2D eigenvalue weighted by atomic mass is 9.95. The molecule has 0 aromatic heterocycles. The molecule has 5 heteroatoms. The molecule has 1 heterocycles. The molecule has 1 atom stereocenters. The highest BCUT2D eigenvalue weighted by atomic mass is 19.1. The van der Waals surface area contributed by atoms with Crippen LogP contribution in [0.3, 0.4) is 0 Å². The molecule has 0 unspecified atom stereocenters. The summed E-state index contributed by atoms with van der Waals surface area (Å²) in [5.41, 5.74) is 3.76. The maximum Gasteiger partial charge on any atom is 0.310 e. The molecular formula is C25H30FNO3. The van der Waals surface area contributed by atoms with Crippen LogP contribution in [0.4, 0.5) is 4.39 Å². The van der Waals surface area contributed by atoms with Crippen LogP contribution in [0.25, 0.3) is 5.57 Å². The van der Waals surface area contributed by atoms with Gasteiger partial charge in [0.15, 0.2) is 0 Å². The lowest BCUT2D eigenvalue weighted by Crippen LogP contribution is -2.40. The minimum absolute atomic E-state index is 0.0518. The molecule has 0 N–H and O–H groups in total. The molecule has 3 rings (SSSR count). The maximum atomic E-state index is 13.8. The van der Waals surface area contributed by atoms with E-state index >= 15 is 0 Å². The standard InChI is InChI=1S/C25H30FNO3/c1-3-30-25(28)21-10-7-13-27(17-21)14-15-29-18-24(20-9-6-11-22(26)16-20)23-12-5-4-8-19(23)2/h4-6,8-9,11-12,16,18,21H,3,7,10,13-15,17H2,1-2H3/t21-/m1/s1. The van der Waals surface area contributed by atoms with Crippen molar-refractivity contribution in [3.05, 3.63) is 77.3 Å². The van der Waals surface area contributed by atoms with Crippen LogP contribution in [0.15, 0.2) is 54.8 Å². The number of halogens is 1. The summed E-state index contributed by atoms with van der Waals surface area (Å²) in [5.74, 6) is -0.426. The zero-order valence-corrected chi connectivity index (χ0v) is 17.8. The minimum atomic E-state index is -0.273. The predicted molar refractivity (Wildman–Crippen MR) is 116 cm³/mol. The first-order valence-electron chi connectivity index (χ1n) is 10.6. The summed E-state index contributed by atoms with van der Waals surface area (Å²) < 4.78 is 24.9. The Balaban J connectivity index is 1.65. The van der Waals surface area contributed by atoms with E-state index in [1.807, 2.05) is 44.2 Å². The van der Waals surface area contributed by atoms with Crippen LogP contribution in [0.2, 0.25) is 0 Å². The third-order valence-electron chi connectivity index (χ3n) is 5.42. The van der Waals surface area contributed by atoms with E-state index in [9.17, 15) is 9.18 Å². The molecular weight excluding hydrogens is 381 g/mol. The van der Waals surface area contributed by atoms with E-state index in [1.165, 1.54) is 12.1 Å². The number of carbonyl (C=O) groups excluding carboxylic acids is 1. The van der Waals surface area contributed by atoms with Gasteiger partial charge in [0.2, 0.25) is 0 Å². The van der Waals surface area contributed by atoms with Gasteiger partial charge in [0.25, 0.3) is 0 Å². The molecule has 1 aliphatic heterocycles. The number of rotatable bonds is 8. The lowest BCUT2D eigenvalue weighted by Gasteiger charge is -2.31. The first-order valence-corrected chi connectivity index (χ1v) is 10.6. The Morgan fingerprint density at radius 1 is 1.23 bits per heavy atom. The monoisotopic (exact) mass is 411 g/mol. The van der Waals surface area contributed by atoms with Gasteiger partial charge in [-0.05, 0) is 62.1 Å². The van der Waals surface area contributed by atoms with E-state index in [0.29, 0.717) is 19.8 Å². The summed E-state index contributed by atoms with van der Waals surface area (Å²) in [6.45, 7) is 7.19. The average molecular weight is 412 g/mol. The fourth-order valence-corrected chi connectivity index (χ4v) is 3.85.